The lowest BCUT2D eigenvalue weighted by Crippen LogP contribution is -2.45. The van der Waals surface area contributed by atoms with E-state index >= 15 is 0 Å². The minimum absolute atomic E-state index is 0.185. The molecule has 1 aromatic rings. The molecule has 1 aliphatic heterocycles. The summed E-state index contributed by atoms with van der Waals surface area (Å²) in [6.45, 7) is 11.2. The first-order chi connectivity index (χ1) is 11.4. The molecule has 134 valence electrons. The number of benzene rings is 1. The van der Waals surface area contributed by atoms with Crippen molar-refractivity contribution >= 4 is 5.91 Å². The molecule has 1 heterocycles. The van der Waals surface area contributed by atoms with Crippen LogP contribution in [0.5, 0.6) is 5.75 Å². The van der Waals surface area contributed by atoms with E-state index in [1.165, 1.54) is 24.8 Å². The molecule has 1 amide bonds. The summed E-state index contributed by atoms with van der Waals surface area (Å²) in [6, 6.07) is 4.79. The fraction of sp³-hybridized carbons (Fsp3) is 0.650. The normalized spacial score (nSPS) is 18.5. The lowest BCUT2D eigenvalue weighted by atomic mass is 10.0. The third kappa shape index (κ3) is 4.97. The fourth-order valence-electron chi connectivity index (χ4n) is 3.49. The van der Waals surface area contributed by atoms with Crippen LogP contribution < -0.4 is 4.74 Å². The third-order valence-corrected chi connectivity index (χ3v) is 4.98. The van der Waals surface area contributed by atoms with Crippen molar-refractivity contribution in [3.63, 3.8) is 0 Å². The summed E-state index contributed by atoms with van der Waals surface area (Å²) in [5.41, 5.74) is 3.56. The molecule has 1 atom stereocenters. The highest BCUT2D eigenvalue weighted by molar-refractivity contribution is 5.78. The first-order valence-electron chi connectivity index (χ1n) is 9.07. The summed E-state index contributed by atoms with van der Waals surface area (Å²) in [5.74, 6) is 1.14. The van der Waals surface area contributed by atoms with Crippen LogP contribution in [0.15, 0.2) is 12.1 Å². The Hall–Kier alpha value is -1.55. The zero-order chi connectivity index (χ0) is 17.7. The van der Waals surface area contributed by atoms with Crippen molar-refractivity contribution in [1.82, 2.24) is 9.80 Å². The van der Waals surface area contributed by atoms with Gasteiger partial charge in [0.1, 0.15) is 12.4 Å². The molecule has 0 spiro atoms. The second-order valence-corrected chi connectivity index (χ2v) is 7.21. The van der Waals surface area contributed by atoms with Gasteiger partial charge in [0.05, 0.1) is 13.1 Å². The number of rotatable bonds is 6. The van der Waals surface area contributed by atoms with Crippen LogP contribution in [0, 0.1) is 20.8 Å². The van der Waals surface area contributed by atoms with Gasteiger partial charge in [0, 0.05) is 13.1 Å². The van der Waals surface area contributed by atoms with Gasteiger partial charge in [-0.25, -0.2) is 0 Å². The summed E-state index contributed by atoms with van der Waals surface area (Å²) < 4.78 is 5.95. The molecule has 4 heteroatoms. The Balaban J connectivity index is 1.80. The first-order valence-corrected chi connectivity index (χ1v) is 9.07. The fourth-order valence-corrected chi connectivity index (χ4v) is 3.49. The number of carbonyl (C=O) groups excluding carboxylic acids is 1. The number of nitrogens with zero attached hydrogens (tertiary/aromatic N) is 2. The van der Waals surface area contributed by atoms with Crippen molar-refractivity contribution in [2.24, 2.45) is 0 Å². The molecule has 0 N–H and O–H groups in total. The quantitative estimate of drug-likeness (QED) is 0.801. The minimum atomic E-state index is 0.185. The standard InChI is InChI=1S/C20H32N2O2/c1-15-12-16(2)20(17(3)13-15)24-11-10-21(5)19(23)14-22-9-7-6-8-18(22)4/h12-13,18H,6-11,14H2,1-5H3. The molecule has 1 fully saturated rings. The van der Waals surface area contributed by atoms with Crippen LogP contribution >= 0.6 is 0 Å². The molecule has 0 saturated carbocycles. The smallest absolute Gasteiger partial charge is 0.236 e. The van der Waals surface area contributed by atoms with Crippen molar-refractivity contribution < 1.29 is 9.53 Å². The van der Waals surface area contributed by atoms with E-state index in [9.17, 15) is 4.79 Å². The molecule has 1 aromatic carbocycles. The van der Waals surface area contributed by atoms with Gasteiger partial charge in [-0.3, -0.25) is 9.69 Å². The van der Waals surface area contributed by atoms with E-state index in [4.69, 9.17) is 4.74 Å². The van der Waals surface area contributed by atoms with Gasteiger partial charge in [-0.1, -0.05) is 24.1 Å². The van der Waals surface area contributed by atoms with Crippen LogP contribution in [-0.4, -0.2) is 55.0 Å². The lowest BCUT2D eigenvalue weighted by Gasteiger charge is -2.33. The SMILES string of the molecule is Cc1cc(C)c(OCCN(C)C(=O)CN2CCCCC2C)c(C)c1. The number of ether oxygens (including phenoxy) is 1. The second kappa shape index (κ2) is 8.52. The zero-order valence-corrected chi connectivity index (χ0v) is 15.9. The molecule has 0 bridgehead atoms. The molecule has 1 saturated heterocycles. The zero-order valence-electron chi connectivity index (χ0n) is 15.9. The Labute approximate surface area is 146 Å². The van der Waals surface area contributed by atoms with Crippen molar-refractivity contribution in [2.45, 2.75) is 53.0 Å². The summed E-state index contributed by atoms with van der Waals surface area (Å²) >= 11 is 0. The average Bonchev–Trinajstić information content (AvgIpc) is 2.51. The topological polar surface area (TPSA) is 32.8 Å². The van der Waals surface area contributed by atoms with Gasteiger partial charge in [-0.2, -0.15) is 0 Å². The molecule has 2 rings (SSSR count). The Kier molecular flexibility index (Phi) is 6.67. The Morgan fingerprint density at radius 3 is 2.54 bits per heavy atom. The van der Waals surface area contributed by atoms with Crippen LogP contribution in [0.2, 0.25) is 0 Å². The van der Waals surface area contributed by atoms with Gasteiger partial charge in [-0.05, 0) is 58.2 Å². The highest BCUT2D eigenvalue weighted by atomic mass is 16.5. The van der Waals surface area contributed by atoms with Crippen molar-refractivity contribution in [1.29, 1.82) is 0 Å². The summed E-state index contributed by atoms with van der Waals surface area (Å²) in [6.07, 6.45) is 3.69. The van der Waals surface area contributed by atoms with Gasteiger partial charge in [0.15, 0.2) is 0 Å². The van der Waals surface area contributed by atoms with Crippen LogP contribution in [0.4, 0.5) is 0 Å². The van der Waals surface area contributed by atoms with Gasteiger partial charge in [0.2, 0.25) is 5.91 Å². The molecule has 4 nitrogen and oxygen atoms in total. The van der Waals surface area contributed by atoms with Gasteiger partial charge in [-0.15, -0.1) is 0 Å². The van der Waals surface area contributed by atoms with Crippen molar-refractivity contribution in [3.8, 4) is 5.75 Å². The Morgan fingerprint density at radius 2 is 1.92 bits per heavy atom. The van der Waals surface area contributed by atoms with Crippen molar-refractivity contribution in [3.05, 3.63) is 28.8 Å². The molecule has 0 radical (unpaired) electrons. The minimum Gasteiger partial charge on any atom is -0.491 e. The molecular formula is C20H32N2O2. The number of aryl methyl sites for hydroxylation is 3. The molecular weight excluding hydrogens is 300 g/mol. The van der Waals surface area contributed by atoms with E-state index in [-0.39, 0.29) is 5.91 Å². The lowest BCUT2D eigenvalue weighted by molar-refractivity contribution is -0.132. The van der Waals surface area contributed by atoms with E-state index in [0.717, 1.165) is 23.4 Å². The molecule has 1 aliphatic rings. The number of likely N-dealkylation sites (N-methyl/N-ethyl adjacent to an activating group) is 1. The molecule has 0 aliphatic carbocycles. The van der Waals surface area contributed by atoms with E-state index in [2.05, 4.69) is 44.7 Å². The van der Waals surface area contributed by atoms with E-state index in [1.807, 2.05) is 7.05 Å². The summed E-state index contributed by atoms with van der Waals surface area (Å²) in [4.78, 5) is 16.5. The largest absolute Gasteiger partial charge is 0.491 e. The third-order valence-electron chi connectivity index (χ3n) is 4.98. The maximum absolute atomic E-state index is 12.4. The first kappa shape index (κ1) is 18.8. The van der Waals surface area contributed by atoms with E-state index in [1.54, 1.807) is 4.90 Å². The average molecular weight is 332 g/mol. The van der Waals surface area contributed by atoms with Gasteiger partial charge < -0.3 is 9.64 Å². The van der Waals surface area contributed by atoms with Gasteiger partial charge >= 0.3 is 0 Å². The molecule has 24 heavy (non-hydrogen) atoms. The van der Waals surface area contributed by atoms with Gasteiger partial charge in [0.25, 0.3) is 0 Å². The Morgan fingerprint density at radius 1 is 1.25 bits per heavy atom. The Bertz CT molecular complexity index is 548. The second-order valence-electron chi connectivity index (χ2n) is 7.21. The van der Waals surface area contributed by atoms with Crippen LogP contribution in [0.25, 0.3) is 0 Å². The number of piperidine rings is 1. The van der Waals surface area contributed by atoms with Crippen LogP contribution in [0.3, 0.4) is 0 Å². The summed E-state index contributed by atoms with van der Waals surface area (Å²) in [5, 5.41) is 0. The highest BCUT2D eigenvalue weighted by Gasteiger charge is 2.22. The number of amides is 1. The predicted octanol–water partition coefficient (Wildman–Crippen LogP) is 3.32. The number of hydrogen-bond donors (Lipinski definition) is 0. The summed E-state index contributed by atoms with van der Waals surface area (Å²) in [7, 11) is 1.87. The van der Waals surface area contributed by atoms with E-state index in [0.29, 0.717) is 25.7 Å². The number of carbonyl (C=O) groups is 1. The monoisotopic (exact) mass is 332 g/mol. The maximum Gasteiger partial charge on any atom is 0.236 e. The number of hydrogen-bond acceptors (Lipinski definition) is 3. The van der Waals surface area contributed by atoms with E-state index < -0.39 is 0 Å². The predicted molar refractivity (Wildman–Crippen MR) is 98.7 cm³/mol. The van der Waals surface area contributed by atoms with Crippen LogP contribution in [0.1, 0.15) is 42.9 Å². The molecule has 0 aromatic heterocycles. The maximum atomic E-state index is 12.4. The number of likely N-dealkylation sites (tertiary alicyclic amines) is 1. The van der Waals surface area contributed by atoms with Crippen LogP contribution in [-0.2, 0) is 4.79 Å². The highest BCUT2D eigenvalue weighted by Crippen LogP contribution is 2.24. The molecule has 1 unspecified atom stereocenters. The van der Waals surface area contributed by atoms with Crippen molar-refractivity contribution in [2.75, 3.05) is 33.3 Å².